The highest BCUT2D eigenvalue weighted by Gasteiger charge is 2.22. The van der Waals surface area contributed by atoms with Crippen LogP contribution in [0.1, 0.15) is 26.5 Å². The Bertz CT molecular complexity index is 270. The molecule has 0 atom stereocenters. The summed E-state index contributed by atoms with van der Waals surface area (Å²) in [5, 5.41) is 2.75. The van der Waals surface area contributed by atoms with Gasteiger partial charge in [-0.15, -0.1) is 11.3 Å². The first-order valence-corrected chi connectivity index (χ1v) is 6.08. The van der Waals surface area contributed by atoms with E-state index in [0.29, 0.717) is 5.13 Å². The van der Waals surface area contributed by atoms with E-state index in [4.69, 9.17) is 5.73 Å². The van der Waals surface area contributed by atoms with Crippen LogP contribution >= 0.6 is 11.3 Å². The molecule has 1 aromatic heterocycles. The SMILES string of the molecule is CC[N+](CC)(CC)Cc1csc(N)n1. The van der Waals surface area contributed by atoms with Gasteiger partial charge in [0.25, 0.3) is 0 Å². The molecule has 14 heavy (non-hydrogen) atoms. The van der Waals surface area contributed by atoms with Gasteiger partial charge in [0.05, 0.1) is 19.6 Å². The third-order valence-corrected chi connectivity index (χ3v) is 3.80. The van der Waals surface area contributed by atoms with Crippen molar-refractivity contribution in [2.24, 2.45) is 0 Å². The Hall–Kier alpha value is -0.610. The van der Waals surface area contributed by atoms with Crippen LogP contribution in [0.4, 0.5) is 5.13 Å². The molecule has 0 bridgehead atoms. The summed E-state index contributed by atoms with van der Waals surface area (Å²) in [5.74, 6) is 0. The highest BCUT2D eigenvalue weighted by molar-refractivity contribution is 7.13. The quantitative estimate of drug-likeness (QED) is 0.762. The van der Waals surface area contributed by atoms with Crippen molar-refractivity contribution < 1.29 is 4.48 Å². The maximum absolute atomic E-state index is 5.62. The normalized spacial score (nSPS) is 11.9. The lowest BCUT2D eigenvalue weighted by atomic mass is 10.3. The van der Waals surface area contributed by atoms with E-state index in [0.717, 1.165) is 36.4 Å². The standard InChI is InChI=1S/C10H20N3S/c1-4-13(5-2,6-3)7-9-8-14-10(11)12-9/h8H,4-7H2,1-3H3,(H2,11,12)/q+1. The summed E-state index contributed by atoms with van der Waals surface area (Å²) in [6, 6.07) is 0. The van der Waals surface area contributed by atoms with Crippen LogP contribution < -0.4 is 5.73 Å². The molecule has 2 N–H and O–H groups in total. The fraction of sp³-hybridized carbons (Fsp3) is 0.700. The molecule has 0 aliphatic carbocycles. The van der Waals surface area contributed by atoms with Gasteiger partial charge in [0.1, 0.15) is 12.2 Å². The van der Waals surface area contributed by atoms with E-state index in [1.54, 1.807) is 0 Å². The molecular weight excluding hydrogens is 194 g/mol. The Morgan fingerprint density at radius 2 is 1.86 bits per heavy atom. The first kappa shape index (κ1) is 11.5. The first-order valence-electron chi connectivity index (χ1n) is 5.20. The van der Waals surface area contributed by atoms with Crippen molar-refractivity contribution in [3.05, 3.63) is 11.1 Å². The highest BCUT2D eigenvalue weighted by Crippen LogP contribution is 2.17. The minimum Gasteiger partial charge on any atom is -0.375 e. The van der Waals surface area contributed by atoms with E-state index in [2.05, 4.69) is 31.1 Å². The number of hydrogen-bond donors (Lipinski definition) is 1. The zero-order valence-electron chi connectivity index (χ0n) is 9.29. The molecule has 80 valence electrons. The van der Waals surface area contributed by atoms with Gasteiger partial charge in [0.15, 0.2) is 5.13 Å². The predicted molar refractivity (Wildman–Crippen MR) is 62.1 cm³/mol. The lowest BCUT2D eigenvalue weighted by Gasteiger charge is -2.35. The highest BCUT2D eigenvalue weighted by atomic mass is 32.1. The van der Waals surface area contributed by atoms with Gasteiger partial charge in [0, 0.05) is 5.38 Å². The molecule has 0 aliphatic heterocycles. The van der Waals surface area contributed by atoms with Crippen LogP contribution in [0.5, 0.6) is 0 Å². The third kappa shape index (κ3) is 2.45. The van der Waals surface area contributed by atoms with Crippen molar-refractivity contribution in [3.8, 4) is 0 Å². The minimum absolute atomic E-state index is 0.682. The van der Waals surface area contributed by atoms with Gasteiger partial charge >= 0.3 is 0 Å². The third-order valence-electron chi connectivity index (χ3n) is 3.08. The van der Waals surface area contributed by atoms with Crippen LogP contribution in [0, 0.1) is 0 Å². The van der Waals surface area contributed by atoms with Crippen LogP contribution in [0.2, 0.25) is 0 Å². The topological polar surface area (TPSA) is 38.9 Å². The number of hydrogen-bond acceptors (Lipinski definition) is 3. The van der Waals surface area contributed by atoms with Crippen LogP contribution in [0.3, 0.4) is 0 Å². The minimum atomic E-state index is 0.682. The van der Waals surface area contributed by atoms with Crippen LogP contribution in [0.25, 0.3) is 0 Å². The van der Waals surface area contributed by atoms with Gasteiger partial charge in [0.2, 0.25) is 0 Å². The average molecular weight is 214 g/mol. The molecule has 0 unspecified atom stereocenters. The first-order chi connectivity index (χ1) is 6.65. The van der Waals surface area contributed by atoms with Gasteiger partial charge in [-0.25, -0.2) is 4.98 Å². The Morgan fingerprint density at radius 3 is 2.21 bits per heavy atom. The van der Waals surface area contributed by atoms with Gasteiger partial charge < -0.3 is 10.2 Å². The Balaban J connectivity index is 2.73. The monoisotopic (exact) mass is 214 g/mol. The van der Waals surface area contributed by atoms with Crippen molar-refractivity contribution in [2.45, 2.75) is 27.3 Å². The second kappa shape index (κ2) is 4.75. The van der Waals surface area contributed by atoms with Crippen LogP contribution in [0.15, 0.2) is 5.38 Å². The molecule has 1 aromatic rings. The molecule has 4 heteroatoms. The number of thiazole rings is 1. The van der Waals surface area contributed by atoms with Gasteiger partial charge in [-0.1, -0.05) is 0 Å². The van der Waals surface area contributed by atoms with Crippen molar-refractivity contribution >= 4 is 16.5 Å². The van der Waals surface area contributed by atoms with E-state index in [1.165, 1.54) is 11.3 Å². The van der Waals surface area contributed by atoms with Crippen LogP contribution in [-0.4, -0.2) is 29.1 Å². The molecule has 1 heterocycles. The molecule has 0 amide bonds. The summed E-state index contributed by atoms with van der Waals surface area (Å²) in [4.78, 5) is 4.32. The Labute approximate surface area is 90.2 Å². The molecule has 0 aliphatic rings. The summed E-state index contributed by atoms with van der Waals surface area (Å²) in [7, 11) is 0. The lowest BCUT2D eigenvalue weighted by Crippen LogP contribution is -2.46. The number of nitrogens with two attached hydrogens (primary N) is 1. The zero-order chi connectivity index (χ0) is 10.6. The smallest absolute Gasteiger partial charge is 0.180 e. The summed E-state index contributed by atoms with van der Waals surface area (Å²) in [5.41, 5.74) is 6.76. The molecular formula is C10H20N3S+. The lowest BCUT2D eigenvalue weighted by molar-refractivity contribution is -0.936. The molecule has 0 aromatic carbocycles. The molecule has 0 fully saturated rings. The van der Waals surface area contributed by atoms with E-state index in [1.807, 2.05) is 0 Å². The molecule has 3 nitrogen and oxygen atoms in total. The Morgan fingerprint density at radius 1 is 1.29 bits per heavy atom. The summed E-state index contributed by atoms with van der Waals surface area (Å²) >= 11 is 1.53. The molecule has 0 radical (unpaired) electrons. The van der Waals surface area contributed by atoms with Crippen molar-refractivity contribution in [3.63, 3.8) is 0 Å². The van der Waals surface area contributed by atoms with E-state index >= 15 is 0 Å². The predicted octanol–water partition coefficient (Wildman–Crippen LogP) is 2.10. The molecule has 0 saturated carbocycles. The molecule has 0 spiro atoms. The molecule has 0 saturated heterocycles. The average Bonchev–Trinajstić information content (AvgIpc) is 2.61. The van der Waals surface area contributed by atoms with E-state index in [-0.39, 0.29) is 0 Å². The fourth-order valence-corrected chi connectivity index (χ4v) is 2.30. The van der Waals surface area contributed by atoms with Crippen molar-refractivity contribution in [2.75, 3.05) is 25.4 Å². The number of anilines is 1. The number of quaternary nitrogens is 1. The van der Waals surface area contributed by atoms with Gasteiger partial charge in [-0.2, -0.15) is 0 Å². The van der Waals surface area contributed by atoms with Gasteiger partial charge in [-0.3, -0.25) is 0 Å². The van der Waals surface area contributed by atoms with Crippen molar-refractivity contribution in [1.82, 2.24) is 4.98 Å². The van der Waals surface area contributed by atoms with Crippen molar-refractivity contribution in [1.29, 1.82) is 0 Å². The second-order valence-corrected chi connectivity index (χ2v) is 4.52. The largest absolute Gasteiger partial charge is 0.375 e. The van der Waals surface area contributed by atoms with Gasteiger partial charge in [-0.05, 0) is 20.8 Å². The fourth-order valence-electron chi connectivity index (χ4n) is 1.75. The molecule has 1 rings (SSSR count). The summed E-state index contributed by atoms with van der Waals surface area (Å²) in [6.45, 7) is 11.2. The van der Waals surface area contributed by atoms with E-state index < -0.39 is 0 Å². The Kier molecular flexibility index (Phi) is 3.89. The maximum atomic E-state index is 5.62. The number of nitrogens with zero attached hydrogens (tertiary/aromatic N) is 2. The number of nitrogen functional groups attached to an aromatic ring is 1. The zero-order valence-corrected chi connectivity index (χ0v) is 10.1. The number of aromatic nitrogens is 1. The summed E-state index contributed by atoms with van der Waals surface area (Å²) < 4.78 is 1.10. The maximum Gasteiger partial charge on any atom is 0.180 e. The van der Waals surface area contributed by atoms with E-state index in [9.17, 15) is 0 Å². The second-order valence-electron chi connectivity index (χ2n) is 3.63. The number of rotatable bonds is 5. The van der Waals surface area contributed by atoms with Crippen LogP contribution in [-0.2, 0) is 6.54 Å². The summed E-state index contributed by atoms with van der Waals surface area (Å²) in [6.07, 6.45) is 0.